The Morgan fingerprint density at radius 2 is 2.00 bits per heavy atom. The van der Waals surface area contributed by atoms with Gasteiger partial charge in [0, 0.05) is 30.8 Å². The van der Waals surface area contributed by atoms with Crippen LogP contribution in [0, 0.1) is 12.7 Å². The van der Waals surface area contributed by atoms with E-state index in [4.69, 9.17) is 5.11 Å². The highest BCUT2D eigenvalue weighted by molar-refractivity contribution is 5.82. The number of carbonyl (C=O) groups excluding carboxylic acids is 1. The molecule has 0 bridgehead atoms. The number of carboxylic acids is 1. The van der Waals surface area contributed by atoms with Gasteiger partial charge >= 0.3 is 5.97 Å². The molecule has 3 rings (SSSR count). The molecule has 2 aromatic carbocycles. The van der Waals surface area contributed by atoms with Gasteiger partial charge < -0.3 is 10.4 Å². The van der Waals surface area contributed by atoms with E-state index in [1.54, 1.807) is 6.07 Å². The highest BCUT2D eigenvalue weighted by Gasteiger charge is 2.19. The van der Waals surface area contributed by atoms with Crippen molar-refractivity contribution in [1.29, 1.82) is 0 Å². The summed E-state index contributed by atoms with van der Waals surface area (Å²) < 4.78 is 15.4. The van der Waals surface area contributed by atoms with E-state index < -0.39 is 17.7 Å². The van der Waals surface area contributed by atoms with Crippen LogP contribution in [0.15, 0.2) is 48.7 Å². The second-order valence-corrected chi connectivity index (χ2v) is 7.13. The molecule has 29 heavy (non-hydrogen) atoms. The summed E-state index contributed by atoms with van der Waals surface area (Å²) >= 11 is 0. The number of nitrogens with one attached hydrogen (secondary N) is 1. The monoisotopic (exact) mass is 397 g/mol. The Morgan fingerprint density at radius 3 is 2.76 bits per heavy atom. The van der Waals surface area contributed by atoms with Crippen LogP contribution in [0.5, 0.6) is 0 Å². The smallest absolute Gasteiger partial charge is 0.303 e. The number of hydrogen-bond acceptors (Lipinski definition) is 3. The maximum Gasteiger partial charge on any atom is 0.303 e. The first kappa shape index (κ1) is 20.5. The van der Waals surface area contributed by atoms with E-state index >= 15 is 0 Å². The number of halogens is 1. The summed E-state index contributed by atoms with van der Waals surface area (Å²) in [5.41, 5.74) is 2.74. The zero-order valence-corrected chi connectivity index (χ0v) is 16.3. The van der Waals surface area contributed by atoms with Crippen LogP contribution in [0.1, 0.15) is 36.3 Å². The molecule has 1 unspecified atom stereocenters. The van der Waals surface area contributed by atoms with E-state index in [0.717, 1.165) is 10.9 Å². The van der Waals surface area contributed by atoms with E-state index in [-0.39, 0.29) is 18.7 Å². The molecule has 3 aromatic rings. The number of fused-ring (bicyclic) bond motifs is 1. The number of nitrogens with zero attached hydrogens (tertiary/aromatic N) is 2. The molecule has 6 nitrogen and oxygen atoms in total. The molecular formula is C22H24FN3O3. The van der Waals surface area contributed by atoms with Crippen molar-refractivity contribution in [3.05, 3.63) is 65.6 Å². The highest BCUT2D eigenvalue weighted by atomic mass is 19.1. The van der Waals surface area contributed by atoms with Gasteiger partial charge in [0.1, 0.15) is 5.82 Å². The minimum absolute atomic E-state index is 0.000349. The summed E-state index contributed by atoms with van der Waals surface area (Å²) in [6.45, 7) is 3.16. The van der Waals surface area contributed by atoms with Crippen LogP contribution in [0.3, 0.4) is 0 Å². The van der Waals surface area contributed by atoms with Gasteiger partial charge in [-0.2, -0.15) is 5.10 Å². The van der Waals surface area contributed by atoms with Gasteiger partial charge in [0.05, 0.1) is 18.1 Å². The van der Waals surface area contributed by atoms with Gasteiger partial charge in [0.2, 0.25) is 5.91 Å². The van der Waals surface area contributed by atoms with Crippen molar-refractivity contribution in [1.82, 2.24) is 15.1 Å². The molecule has 152 valence electrons. The molecule has 0 spiro atoms. The predicted octanol–water partition coefficient (Wildman–Crippen LogP) is 3.64. The molecule has 1 aromatic heterocycles. The zero-order valence-electron chi connectivity index (χ0n) is 16.3. The number of rotatable bonds is 9. The molecule has 2 N–H and O–H groups in total. The van der Waals surface area contributed by atoms with Crippen molar-refractivity contribution in [2.75, 3.05) is 6.54 Å². The zero-order chi connectivity index (χ0) is 20.8. The van der Waals surface area contributed by atoms with Crippen molar-refractivity contribution in [3.63, 3.8) is 0 Å². The molecule has 1 amide bonds. The van der Waals surface area contributed by atoms with Gasteiger partial charge in [-0.1, -0.05) is 24.3 Å². The van der Waals surface area contributed by atoms with Gasteiger partial charge in [-0.3, -0.25) is 14.3 Å². The summed E-state index contributed by atoms with van der Waals surface area (Å²) in [6, 6.07) is 11.8. The molecule has 0 aliphatic carbocycles. The van der Waals surface area contributed by atoms with Gasteiger partial charge in [-0.25, -0.2) is 4.39 Å². The molecule has 0 saturated heterocycles. The number of aryl methyl sites for hydroxylation is 2. The van der Waals surface area contributed by atoms with Crippen LogP contribution in [-0.2, 0) is 16.1 Å². The maximum absolute atomic E-state index is 13.5. The Kier molecular flexibility index (Phi) is 6.59. The molecule has 0 fully saturated rings. The standard InChI is InChI=1S/C22H24FN3O3/c1-15-5-2-8-20-19(15)14-25-26(20)10-4-9-24-21(27)12-17(13-22(28)29)16-6-3-7-18(23)11-16/h2-3,5-8,11,14,17H,4,9-10,12-13H2,1H3,(H,24,27)(H,28,29). The quantitative estimate of drug-likeness (QED) is 0.540. The van der Waals surface area contributed by atoms with E-state index in [1.807, 2.05) is 36.0 Å². The van der Waals surface area contributed by atoms with Crippen molar-refractivity contribution in [3.8, 4) is 0 Å². The highest BCUT2D eigenvalue weighted by Crippen LogP contribution is 2.24. The fourth-order valence-electron chi connectivity index (χ4n) is 3.46. The molecule has 1 atom stereocenters. The van der Waals surface area contributed by atoms with Crippen molar-refractivity contribution in [2.45, 2.75) is 38.6 Å². The van der Waals surface area contributed by atoms with Crippen molar-refractivity contribution >= 4 is 22.8 Å². The number of benzene rings is 2. The summed E-state index contributed by atoms with van der Waals surface area (Å²) in [7, 11) is 0. The Labute approximate surface area is 168 Å². The first-order valence-electron chi connectivity index (χ1n) is 9.59. The van der Waals surface area contributed by atoms with Crippen LogP contribution >= 0.6 is 0 Å². The third kappa shape index (κ3) is 5.40. The van der Waals surface area contributed by atoms with Crippen LogP contribution < -0.4 is 5.32 Å². The van der Waals surface area contributed by atoms with Gasteiger partial charge in [-0.15, -0.1) is 0 Å². The van der Waals surface area contributed by atoms with Crippen molar-refractivity contribution in [2.24, 2.45) is 0 Å². The lowest BCUT2D eigenvalue weighted by Gasteiger charge is -2.15. The van der Waals surface area contributed by atoms with Crippen LogP contribution in [0.25, 0.3) is 10.9 Å². The number of aliphatic carboxylic acids is 1. The Morgan fingerprint density at radius 1 is 1.21 bits per heavy atom. The van der Waals surface area contributed by atoms with E-state index in [9.17, 15) is 14.0 Å². The average molecular weight is 397 g/mol. The second kappa shape index (κ2) is 9.32. The Hall–Kier alpha value is -3.22. The molecule has 0 saturated carbocycles. The van der Waals surface area contributed by atoms with Crippen LogP contribution in [-0.4, -0.2) is 33.3 Å². The molecular weight excluding hydrogens is 373 g/mol. The lowest BCUT2D eigenvalue weighted by molar-refractivity contribution is -0.137. The van der Waals surface area contributed by atoms with Crippen LogP contribution in [0.4, 0.5) is 4.39 Å². The second-order valence-electron chi connectivity index (χ2n) is 7.13. The predicted molar refractivity (Wildman–Crippen MR) is 108 cm³/mol. The number of amides is 1. The van der Waals surface area contributed by atoms with E-state index in [1.165, 1.54) is 23.8 Å². The third-order valence-corrected chi connectivity index (χ3v) is 4.95. The number of aromatic nitrogens is 2. The Bertz CT molecular complexity index is 1020. The lowest BCUT2D eigenvalue weighted by atomic mass is 9.92. The van der Waals surface area contributed by atoms with E-state index in [2.05, 4.69) is 10.4 Å². The summed E-state index contributed by atoms with van der Waals surface area (Å²) in [6.07, 6.45) is 2.31. The normalized spacial score (nSPS) is 12.1. The first-order chi connectivity index (χ1) is 13.9. The number of hydrogen-bond donors (Lipinski definition) is 2. The number of carbonyl (C=O) groups is 2. The average Bonchev–Trinajstić information content (AvgIpc) is 3.09. The van der Waals surface area contributed by atoms with Gasteiger partial charge in [0.25, 0.3) is 0 Å². The number of carboxylic acid groups (broad SMARTS) is 1. The SMILES string of the molecule is Cc1cccc2c1cnn2CCCNC(=O)CC(CC(=O)O)c1cccc(F)c1. The van der Waals surface area contributed by atoms with Gasteiger partial charge in [-0.05, 0) is 42.7 Å². The summed E-state index contributed by atoms with van der Waals surface area (Å²) in [5.74, 6) is -2.28. The lowest BCUT2D eigenvalue weighted by Crippen LogP contribution is -2.27. The van der Waals surface area contributed by atoms with E-state index in [0.29, 0.717) is 25.1 Å². The molecule has 1 heterocycles. The fraction of sp³-hybridized carbons (Fsp3) is 0.318. The fourth-order valence-corrected chi connectivity index (χ4v) is 3.46. The first-order valence-corrected chi connectivity index (χ1v) is 9.59. The maximum atomic E-state index is 13.5. The minimum atomic E-state index is -1.02. The van der Waals surface area contributed by atoms with Crippen LogP contribution in [0.2, 0.25) is 0 Å². The summed E-state index contributed by atoms with van der Waals surface area (Å²) in [4.78, 5) is 23.4. The summed E-state index contributed by atoms with van der Waals surface area (Å²) in [5, 5.41) is 17.5. The van der Waals surface area contributed by atoms with Crippen molar-refractivity contribution < 1.29 is 19.1 Å². The molecule has 7 heteroatoms. The minimum Gasteiger partial charge on any atom is -0.481 e. The molecule has 0 aliphatic rings. The third-order valence-electron chi connectivity index (χ3n) is 4.95. The van der Waals surface area contributed by atoms with Gasteiger partial charge in [0.15, 0.2) is 0 Å². The molecule has 0 radical (unpaired) electrons. The largest absolute Gasteiger partial charge is 0.481 e. The molecule has 0 aliphatic heterocycles. The Balaban J connectivity index is 1.52. The topological polar surface area (TPSA) is 84.2 Å².